The molecule has 36 heavy (non-hydrogen) atoms. The molecule has 1 fully saturated rings. The number of carbonyl (C=O) groups excluding carboxylic acids is 2. The van der Waals surface area contributed by atoms with Gasteiger partial charge in [-0.1, -0.05) is 23.9 Å². The molecule has 1 aromatic heterocycles. The lowest BCUT2D eigenvalue weighted by molar-refractivity contribution is -0.118. The molecule has 1 aliphatic heterocycles. The summed E-state index contributed by atoms with van der Waals surface area (Å²) in [6.07, 6.45) is 0.493. The fourth-order valence-corrected chi connectivity index (χ4v) is 5.01. The van der Waals surface area contributed by atoms with E-state index >= 15 is 0 Å². The van der Waals surface area contributed by atoms with Gasteiger partial charge in [0.15, 0.2) is 0 Å². The quantitative estimate of drug-likeness (QED) is 0.341. The minimum atomic E-state index is -0.383. The van der Waals surface area contributed by atoms with E-state index in [1.165, 1.54) is 0 Å². The number of nitrogens with two attached hydrogens (primary N) is 1. The second-order valence-electron chi connectivity index (χ2n) is 8.83. The number of carbonyl (C=O) groups is 2. The zero-order chi connectivity index (χ0) is 25.4. The number of anilines is 1. The number of nitrogen functional groups attached to an aromatic ring is 1. The van der Waals surface area contributed by atoms with Crippen LogP contribution in [0, 0.1) is 13.8 Å². The number of hydrogen-bond acceptors (Lipinski definition) is 7. The van der Waals surface area contributed by atoms with E-state index in [4.69, 9.17) is 20.2 Å². The van der Waals surface area contributed by atoms with Crippen LogP contribution in [0.25, 0.3) is 11.0 Å². The first kappa shape index (κ1) is 23.7. The maximum Gasteiger partial charge on any atom is 0.286 e. The van der Waals surface area contributed by atoms with Crippen LogP contribution in [-0.4, -0.2) is 25.9 Å². The van der Waals surface area contributed by atoms with Crippen LogP contribution in [0.3, 0.4) is 0 Å². The van der Waals surface area contributed by atoms with Crippen molar-refractivity contribution in [3.63, 3.8) is 0 Å². The Morgan fingerprint density at radius 1 is 1.00 bits per heavy atom. The Balaban J connectivity index is 1.25. The summed E-state index contributed by atoms with van der Waals surface area (Å²) in [5.74, 6) is 2.70. The van der Waals surface area contributed by atoms with E-state index in [1.807, 2.05) is 80.1 Å². The van der Waals surface area contributed by atoms with Crippen molar-refractivity contribution in [2.45, 2.75) is 32.1 Å². The van der Waals surface area contributed by atoms with Gasteiger partial charge in [0.2, 0.25) is 5.91 Å². The van der Waals surface area contributed by atoms with Crippen molar-refractivity contribution >= 4 is 39.6 Å². The van der Waals surface area contributed by atoms with Gasteiger partial charge in [0.1, 0.15) is 29.7 Å². The number of imidazole rings is 1. The smallest absolute Gasteiger partial charge is 0.286 e. The van der Waals surface area contributed by atoms with Crippen LogP contribution in [0.2, 0.25) is 0 Å². The molecule has 1 aliphatic rings. The molecule has 184 valence electrons. The van der Waals surface area contributed by atoms with E-state index in [-0.39, 0.29) is 16.4 Å². The van der Waals surface area contributed by atoms with E-state index in [0.717, 1.165) is 56.7 Å². The second-order valence-corrected chi connectivity index (χ2v) is 10.0. The van der Waals surface area contributed by atoms with Crippen molar-refractivity contribution in [3.05, 3.63) is 77.1 Å². The Morgan fingerprint density at radius 3 is 2.36 bits per heavy atom. The summed E-state index contributed by atoms with van der Waals surface area (Å²) < 4.78 is 14.0. The van der Waals surface area contributed by atoms with E-state index in [9.17, 15) is 9.59 Å². The second kappa shape index (κ2) is 9.58. The zero-order valence-electron chi connectivity index (χ0n) is 20.2. The summed E-state index contributed by atoms with van der Waals surface area (Å²) in [6, 6.07) is 17.2. The molecule has 3 aromatic carbocycles. The lowest BCUT2D eigenvalue weighted by atomic mass is 10.1. The van der Waals surface area contributed by atoms with Gasteiger partial charge in [-0.05, 0) is 73.4 Å². The molecule has 0 bridgehead atoms. The monoisotopic (exact) mass is 502 g/mol. The number of nitrogens with one attached hydrogen (secondary N) is 1. The first-order valence-corrected chi connectivity index (χ1v) is 12.4. The Kier molecular flexibility index (Phi) is 6.32. The van der Waals surface area contributed by atoms with Crippen LogP contribution in [0.1, 0.15) is 22.5 Å². The van der Waals surface area contributed by atoms with Crippen LogP contribution in [0.5, 0.6) is 17.2 Å². The molecule has 0 aliphatic carbocycles. The average molecular weight is 503 g/mol. The summed E-state index contributed by atoms with van der Waals surface area (Å²) in [5, 5.41) is 1.64. The van der Waals surface area contributed by atoms with Gasteiger partial charge in [-0.25, -0.2) is 4.98 Å². The zero-order valence-corrected chi connectivity index (χ0v) is 21.0. The summed E-state index contributed by atoms with van der Waals surface area (Å²) in [7, 11) is 1.95. The van der Waals surface area contributed by atoms with Crippen molar-refractivity contribution < 1.29 is 19.1 Å². The van der Waals surface area contributed by atoms with Gasteiger partial charge in [-0.15, -0.1) is 0 Å². The van der Waals surface area contributed by atoms with E-state index in [2.05, 4.69) is 5.32 Å². The first-order chi connectivity index (χ1) is 17.3. The van der Waals surface area contributed by atoms with Crippen LogP contribution in [-0.2, 0) is 24.9 Å². The maximum absolute atomic E-state index is 11.8. The third-order valence-electron chi connectivity index (χ3n) is 6.23. The van der Waals surface area contributed by atoms with Gasteiger partial charge >= 0.3 is 0 Å². The highest BCUT2D eigenvalue weighted by Crippen LogP contribution is 2.30. The van der Waals surface area contributed by atoms with Crippen molar-refractivity contribution in [2.75, 3.05) is 5.73 Å². The molecule has 3 N–H and O–H groups in total. The third-order valence-corrected chi connectivity index (χ3v) is 7.21. The number of nitrogens with zero attached hydrogens (tertiary/aromatic N) is 2. The number of fused-ring (bicyclic) bond motifs is 1. The fraction of sp³-hybridized carbons (Fsp3) is 0.222. The molecule has 9 heteroatoms. The molecule has 2 heterocycles. The minimum absolute atomic E-state index is 0.237. The van der Waals surface area contributed by atoms with Gasteiger partial charge in [0.25, 0.3) is 5.24 Å². The highest BCUT2D eigenvalue weighted by Gasteiger charge is 2.31. The molecular weight excluding hydrogens is 476 g/mol. The standard InChI is InChI=1S/C27H26N4O4S/c1-15-10-20(11-16(2)25(15)28)35-19-8-9-21-22(13-19)31(3)24(29-21)14-34-18-6-4-17(5-7-18)12-23-26(32)30-27(33)36-23/h4-11,13,23H,12,14,28H2,1-3H3,(H,30,32,33)/t23-/m0/s1. The van der Waals surface area contributed by atoms with E-state index in [0.29, 0.717) is 24.5 Å². The van der Waals surface area contributed by atoms with E-state index in [1.54, 1.807) is 0 Å². The Morgan fingerprint density at radius 2 is 1.69 bits per heavy atom. The number of ether oxygens (including phenoxy) is 2. The molecule has 0 unspecified atom stereocenters. The number of imide groups is 1. The van der Waals surface area contributed by atoms with Crippen LogP contribution in [0.4, 0.5) is 10.5 Å². The summed E-state index contributed by atoms with van der Waals surface area (Å²) >= 11 is 1.03. The van der Waals surface area contributed by atoms with Gasteiger partial charge < -0.3 is 19.8 Å². The number of aromatic nitrogens is 2. The Bertz CT molecular complexity index is 1460. The highest BCUT2D eigenvalue weighted by atomic mass is 32.2. The van der Waals surface area contributed by atoms with Crippen molar-refractivity contribution in [3.8, 4) is 17.2 Å². The fourth-order valence-electron chi connectivity index (χ4n) is 4.15. The molecule has 1 saturated heterocycles. The molecule has 0 saturated carbocycles. The summed E-state index contributed by atoms with van der Waals surface area (Å²) in [4.78, 5) is 27.8. The minimum Gasteiger partial charge on any atom is -0.486 e. The third kappa shape index (κ3) is 4.87. The van der Waals surface area contributed by atoms with Gasteiger partial charge in [0, 0.05) is 18.8 Å². The summed E-state index contributed by atoms with van der Waals surface area (Å²) in [5.41, 5.74) is 11.6. The molecule has 0 radical (unpaired) electrons. The predicted molar refractivity (Wildman–Crippen MR) is 141 cm³/mol. The number of rotatable bonds is 7. The average Bonchev–Trinajstić information content (AvgIpc) is 3.34. The van der Waals surface area contributed by atoms with Crippen LogP contribution < -0.4 is 20.5 Å². The predicted octanol–water partition coefficient (Wildman–Crippen LogP) is 5.04. The Labute approximate surface area is 212 Å². The number of amides is 2. The van der Waals surface area contributed by atoms with Crippen molar-refractivity contribution in [1.82, 2.24) is 14.9 Å². The lowest BCUT2D eigenvalue weighted by Gasteiger charge is -2.11. The highest BCUT2D eigenvalue weighted by molar-refractivity contribution is 8.15. The van der Waals surface area contributed by atoms with Crippen LogP contribution >= 0.6 is 11.8 Å². The van der Waals surface area contributed by atoms with Crippen molar-refractivity contribution in [1.29, 1.82) is 0 Å². The summed E-state index contributed by atoms with van der Waals surface area (Å²) in [6.45, 7) is 4.23. The maximum atomic E-state index is 11.8. The normalized spacial score (nSPS) is 15.4. The molecule has 8 nitrogen and oxygen atoms in total. The van der Waals surface area contributed by atoms with Gasteiger partial charge in [-0.3, -0.25) is 14.9 Å². The molecule has 0 spiro atoms. The molecular formula is C27H26N4O4S. The first-order valence-electron chi connectivity index (χ1n) is 11.5. The number of thioether (sulfide) groups is 1. The van der Waals surface area contributed by atoms with Crippen LogP contribution in [0.15, 0.2) is 54.6 Å². The molecule has 4 aromatic rings. The lowest BCUT2D eigenvalue weighted by Crippen LogP contribution is -2.25. The largest absolute Gasteiger partial charge is 0.486 e. The SMILES string of the molecule is Cc1cc(Oc2ccc3nc(COc4ccc(C[C@@H]5SC(=O)NC5=O)cc4)n(C)c3c2)cc(C)c1N. The number of benzene rings is 3. The van der Waals surface area contributed by atoms with E-state index < -0.39 is 0 Å². The molecule has 2 amide bonds. The molecule has 5 rings (SSSR count). The van der Waals surface area contributed by atoms with Gasteiger partial charge in [-0.2, -0.15) is 0 Å². The Hall–Kier alpha value is -3.98. The van der Waals surface area contributed by atoms with Crippen molar-refractivity contribution in [2.24, 2.45) is 7.05 Å². The topological polar surface area (TPSA) is 108 Å². The molecule has 1 atom stereocenters. The van der Waals surface area contributed by atoms with Gasteiger partial charge in [0.05, 0.1) is 16.3 Å². The number of aryl methyl sites for hydroxylation is 3. The number of hydrogen-bond donors (Lipinski definition) is 2.